The Balaban J connectivity index is 1.47. The van der Waals surface area contributed by atoms with Gasteiger partial charge in [0.15, 0.2) is 11.2 Å². The van der Waals surface area contributed by atoms with E-state index in [-0.39, 0.29) is 23.9 Å². The average Bonchev–Trinajstić information content (AvgIpc) is 3.34. The van der Waals surface area contributed by atoms with Gasteiger partial charge in [0, 0.05) is 19.2 Å². The molecule has 0 bridgehead atoms. The molecule has 0 aliphatic heterocycles. The SMILES string of the molecule is Cn1cc(NC(=O)OCC2c3ccccc3-c3ccccc32)c(C(=O)NC(C)(CO)C(=O)O)n1. The Morgan fingerprint density at radius 1 is 1.09 bits per heavy atom. The molecule has 4 rings (SSSR count). The average molecular weight is 464 g/mol. The Morgan fingerprint density at radius 2 is 1.68 bits per heavy atom. The fourth-order valence-electron chi connectivity index (χ4n) is 3.96. The molecule has 1 heterocycles. The Bertz CT molecular complexity index is 1220. The van der Waals surface area contributed by atoms with Crippen molar-refractivity contribution in [2.45, 2.75) is 18.4 Å². The number of hydrogen-bond acceptors (Lipinski definition) is 6. The Kier molecular flexibility index (Phi) is 6.08. The van der Waals surface area contributed by atoms with Crippen LogP contribution < -0.4 is 10.6 Å². The number of fused-ring (bicyclic) bond motifs is 3. The Morgan fingerprint density at radius 3 is 2.24 bits per heavy atom. The number of nitrogens with zero attached hydrogens (tertiary/aromatic N) is 2. The highest BCUT2D eigenvalue weighted by atomic mass is 16.5. The minimum atomic E-state index is -1.91. The Hall–Kier alpha value is -4.18. The highest BCUT2D eigenvalue weighted by Gasteiger charge is 2.36. The summed E-state index contributed by atoms with van der Waals surface area (Å²) < 4.78 is 6.79. The minimum absolute atomic E-state index is 0.0444. The predicted molar refractivity (Wildman–Crippen MR) is 122 cm³/mol. The van der Waals surface area contributed by atoms with Gasteiger partial charge in [0.05, 0.1) is 12.3 Å². The zero-order chi connectivity index (χ0) is 24.5. The summed E-state index contributed by atoms with van der Waals surface area (Å²) >= 11 is 0. The first-order valence-corrected chi connectivity index (χ1v) is 10.6. The van der Waals surface area contributed by atoms with Gasteiger partial charge in [-0.1, -0.05) is 48.5 Å². The molecule has 2 amide bonds. The second-order valence-electron chi connectivity index (χ2n) is 8.27. The van der Waals surface area contributed by atoms with Gasteiger partial charge in [-0.25, -0.2) is 9.59 Å². The molecule has 1 aliphatic carbocycles. The van der Waals surface area contributed by atoms with Gasteiger partial charge in [-0.05, 0) is 29.2 Å². The molecule has 0 radical (unpaired) electrons. The number of carboxylic acid groups (broad SMARTS) is 1. The second kappa shape index (κ2) is 8.99. The van der Waals surface area contributed by atoms with E-state index in [1.807, 2.05) is 48.5 Å². The molecular weight excluding hydrogens is 440 g/mol. The molecule has 176 valence electrons. The van der Waals surface area contributed by atoms with Crippen LogP contribution >= 0.6 is 0 Å². The number of rotatable bonds is 7. The van der Waals surface area contributed by atoms with Gasteiger partial charge >= 0.3 is 12.1 Å². The van der Waals surface area contributed by atoms with E-state index in [1.165, 1.54) is 10.9 Å². The van der Waals surface area contributed by atoms with E-state index in [9.17, 15) is 24.6 Å². The zero-order valence-electron chi connectivity index (χ0n) is 18.6. The number of ether oxygens (including phenoxy) is 1. The third-order valence-corrected chi connectivity index (χ3v) is 5.80. The standard InChI is InChI=1S/C24H24N4O6/c1-24(13-29,22(31)32)26-21(30)20-19(11-28(2)27-20)25-23(33)34-12-18-16-9-5-3-7-14(16)15-8-4-6-10-17(15)18/h3-11,18,29H,12-13H2,1-2H3,(H,25,33)(H,26,30)(H,31,32). The Labute approximate surface area is 195 Å². The number of amides is 2. The number of aliphatic hydroxyl groups is 1. The largest absolute Gasteiger partial charge is 0.479 e. The number of aromatic nitrogens is 2. The number of carboxylic acids is 1. The monoisotopic (exact) mass is 464 g/mol. The molecule has 0 saturated carbocycles. The number of anilines is 1. The van der Waals surface area contributed by atoms with Crippen LogP contribution in [0, 0.1) is 0 Å². The van der Waals surface area contributed by atoms with Gasteiger partial charge in [-0.3, -0.25) is 14.8 Å². The van der Waals surface area contributed by atoms with E-state index < -0.39 is 30.1 Å². The molecule has 1 unspecified atom stereocenters. The summed E-state index contributed by atoms with van der Waals surface area (Å²) in [5.41, 5.74) is 2.26. The number of aliphatic carboxylic acids is 1. The normalized spacial score (nSPS) is 14.0. The van der Waals surface area contributed by atoms with E-state index in [0.717, 1.165) is 29.2 Å². The lowest BCUT2D eigenvalue weighted by atomic mass is 9.98. The van der Waals surface area contributed by atoms with Crippen molar-refractivity contribution in [3.05, 3.63) is 71.5 Å². The second-order valence-corrected chi connectivity index (χ2v) is 8.27. The maximum Gasteiger partial charge on any atom is 0.411 e. The molecular formula is C24H24N4O6. The van der Waals surface area contributed by atoms with Crippen LogP contribution in [-0.4, -0.2) is 56.7 Å². The van der Waals surface area contributed by atoms with E-state index in [2.05, 4.69) is 15.7 Å². The van der Waals surface area contributed by atoms with Crippen LogP contribution in [0.25, 0.3) is 11.1 Å². The van der Waals surface area contributed by atoms with Crippen LogP contribution in [0.15, 0.2) is 54.7 Å². The van der Waals surface area contributed by atoms with Gasteiger partial charge in [-0.2, -0.15) is 5.10 Å². The molecule has 0 spiro atoms. The van der Waals surface area contributed by atoms with Crippen molar-refractivity contribution in [1.29, 1.82) is 0 Å². The fraction of sp³-hybridized carbons (Fsp3) is 0.250. The van der Waals surface area contributed by atoms with Crippen LogP contribution in [0.4, 0.5) is 10.5 Å². The molecule has 0 saturated heterocycles. The topological polar surface area (TPSA) is 143 Å². The lowest BCUT2D eigenvalue weighted by molar-refractivity contribution is -0.145. The molecule has 1 aromatic heterocycles. The minimum Gasteiger partial charge on any atom is -0.479 e. The zero-order valence-corrected chi connectivity index (χ0v) is 18.6. The van der Waals surface area contributed by atoms with E-state index >= 15 is 0 Å². The van der Waals surface area contributed by atoms with Crippen molar-refractivity contribution >= 4 is 23.7 Å². The third kappa shape index (κ3) is 4.23. The number of aryl methyl sites for hydroxylation is 1. The summed E-state index contributed by atoms with van der Waals surface area (Å²) in [4.78, 5) is 36.6. The van der Waals surface area contributed by atoms with Gasteiger partial charge in [-0.15, -0.1) is 0 Å². The van der Waals surface area contributed by atoms with Crippen LogP contribution in [-0.2, 0) is 16.6 Å². The molecule has 34 heavy (non-hydrogen) atoms. The fourth-order valence-corrected chi connectivity index (χ4v) is 3.96. The van der Waals surface area contributed by atoms with Gasteiger partial charge < -0.3 is 20.3 Å². The van der Waals surface area contributed by atoms with Crippen molar-refractivity contribution in [3.63, 3.8) is 0 Å². The summed E-state index contributed by atoms with van der Waals surface area (Å²) in [6, 6.07) is 15.9. The first-order chi connectivity index (χ1) is 16.2. The van der Waals surface area contributed by atoms with Crippen molar-refractivity contribution in [2.75, 3.05) is 18.5 Å². The number of carbonyl (C=O) groups excluding carboxylic acids is 2. The molecule has 2 aromatic carbocycles. The summed E-state index contributed by atoms with van der Waals surface area (Å²) in [5.74, 6) is -2.41. The van der Waals surface area contributed by atoms with Crippen LogP contribution in [0.5, 0.6) is 0 Å². The van der Waals surface area contributed by atoms with Crippen LogP contribution in [0.3, 0.4) is 0 Å². The molecule has 0 fully saturated rings. The first kappa shape index (κ1) is 23.0. The van der Waals surface area contributed by atoms with Crippen molar-refractivity contribution in [2.24, 2.45) is 7.05 Å². The number of aliphatic hydroxyl groups excluding tert-OH is 1. The van der Waals surface area contributed by atoms with E-state index in [1.54, 1.807) is 7.05 Å². The maximum atomic E-state index is 12.6. The quantitative estimate of drug-likeness (QED) is 0.420. The predicted octanol–water partition coefficient (Wildman–Crippen LogP) is 2.35. The molecule has 10 nitrogen and oxygen atoms in total. The molecule has 3 aromatic rings. The van der Waals surface area contributed by atoms with Crippen LogP contribution in [0.2, 0.25) is 0 Å². The lowest BCUT2D eigenvalue weighted by Gasteiger charge is -2.23. The molecule has 1 aliphatic rings. The van der Waals surface area contributed by atoms with Crippen LogP contribution in [0.1, 0.15) is 34.5 Å². The van der Waals surface area contributed by atoms with Gasteiger partial charge in [0.2, 0.25) is 0 Å². The summed E-state index contributed by atoms with van der Waals surface area (Å²) in [6.07, 6.45) is 0.611. The van der Waals surface area contributed by atoms with E-state index in [4.69, 9.17) is 4.74 Å². The smallest absolute Gasteiger partial charge is 0.411 e. The van der Waals surface area contributed by atoms with Crippen molar-refractivity contribution < 1.29 is 29.3 Å². The number of nitrogens with one attached hydrogen (secondary N) is 2. The van der Waals surface area contributed by atoms with Gasteiger partial charge in [0.1, 0.15) is 6.61 Å². The highest BCUT2D eigenvalue weighted by Crippen LogP contribution is 2.44. The molecule has 4 N–H and O–H groups in total. The number of benzene rings is 2. The first-order valence-electron chi connectivity index (χ1n) is 10.6. The summed E-state index contributed by atoms with van der Waals surface area (Å²) in [7, 11) is 1.54. The highest BCUT2D eigenvalue weighted by molar-refractivity contribution is 6.02. The van der Waals surface area contributed by atoms with Crippen molar-refractivity contribution in [3.8, 4) is 11.1 Å². The number of hydrogen-bond donors (Lipinski definition) is 4. The third-order valence-electron chi connectivity index (χ3n) is 5.80. The van der Waals surface area contributed by atoms with Crippen molar-refractivity contribution in [1.82, 2.24) is 15.1 Å². The lowest BCUT2D eigenvalue weighted by Crippen LogP contribution is -2.55. The molecule has 1 atom stereocenters. The van der Waals surface area contributed by atoms with E-state index in [0.29, 0.717) is 0 Å². The summed E-state index contributed by atoms with van der Waals surface area (Å²) in [6.45, 7) is 0.425. The summed E-state index contributed by atoms with van der Waals surface area (Å²) in [5, 5.41) is 27.4. The molecule has 10 heteroatoms. The number of carbonyl (C=O) groups is 3. The maximum absolute atomic E-state index is 12.6. The van der Waals surface area contributed by atoms with Gasteiger partial charge in [0.25, 0.3) is 5.91 Å².